The van der Waals surface area contributed by atoms with E-state index in [1.807, 2.05) is 39.9 Å². The number of nitrogens with zero attached hydrogens (tertiary/aromatic N) is 4. The molecule has 1 aromatic carbocycles. The van der Waals surface area contributed by atoms with Gasteiger partial charge in [0.2, 0.25) is 0 Å². The second kappa shape index (κ2) is 7.08. The van der Waals surface area contributed by atoms with Crippen LogP contribution in [-0.2, 0) is 5.54 Å². The van der Waals surface area contributed by atoms with Gasteiger partial charge in [0.05, 0.1) is 34.4 Å². The van der Waals surface area contributed by atoms with Crippen LogP contribution in [0.25, 0.3) is 11.0 Å². The molecule has 0 spiro atoms. The molecule has 3 aromatic rings. The van der Waals surface area contributed by atoms with Gasteiger partial charge in [-0.15, -0.1) is 0 Å². The molecular weight excluding hydrogens is 388 g/mol. The number of aromatic nitrogens is 3. The molecule has 6 nitrogen and oxygen atoms in total. The second-order valence-electron chi connectivity index (χ2n) is 9.96. The van der Waals surface area contributed by atoms with Gasteiger partial charge in [-0.25, -0.2) is 9.67 Å². The fourth-order valence-electron chi connectivity index (χ4n) is 4.32. The summed E-state index contributed by atoms with van der Waals surface area (Å²) in [7, 11) is 0. The van der Waals surface area contributed by atoms with Crippen molar-refractivity contribution in [2.45, 2.75) is 64.8 Å². The van der Waals surface area contributed by atoms with E-state index in [0.717, 1.165) is 46.7 Å². The van der Waals surface area contributed by atoms with Gasteiger partial charge in [-0.1, -0.05) is 26.0 Å². The Bertz CT molecular complexity index is 1170. The van der Waals surface area contributed by atoms with Crippen LogP contribution in [0, 0.1) is 0 Å². The summed E-state index contributed by atoms with van der Waals surface area (Å²) in [5.74, 6) is 1.38. The fraction of sp³-hybridized carbons (Fsp3) is 0.480. The van der Waals surface area contributed by atoms with Crippen LogP contribution in [-0.4, -0.2) is 33.8 Å². The van der Waals surface area contributed by atoms with Gasteiger partial charge in [0.1, 0.15) is 12.4 Å². The molecule has 0 bridgehead atoms. The summed E-state index contributed by atoms with van der Waals surface area (Å²) >= 11 is 0. The van der Waals surface area contributed by atoms with Crippen molar-refractivity contribution < 1.29 is 9.53 Å². The summed E-state index contributed by atoms with van der Waals surface area (Å²) in [4.78, 5) is 20.9. The van der Waals surface area contributed by atoms with Gasteiger partial charge in [-0.05, 0) is 57.7 Å². The van der Waals surface area contributed by atoms with Gasteiger partial charge < -0.3 is 9.64 Å². The number of hydrogen-bond acceptors (Lipinski definition) is 4. The van der Waals surface area contributed by atoms with Crippen LogP contribution in [0.1, 0.15) is 81.0 Å². The Labute approximate surface area is 183 Å². The third-order valence-corrected chi connectivity index (χ3v) is 6.07. The number of carbonyl (C=O) groups is 1. The molecule has 1 amide bonds. The summed E-state index contributed by atoms with van der Waals surface area (Å²) in [6.07, 6.45) is 2.26. The molecule has 0 saturated heterocycles. The lowest BCUT2D eigenvalue weighted by Gasteiger charge is -2.30. The van der Waals surface area contributed by atoms with Crippen molar-refractivity contribution in [2.24, 2.45) is 0 Å². The van der Waals surface area contributed by atoms with Gasteiger partial charge in [0.15, 0.2) is 5.65 Å². The van der Waals surface area contributed by atoms with Crippen LogP contribution in [0.5, 0.6) is 5.75 Å². The molecule has 2 aliphatic rings. The number of amides is 1. The Morgan fingerprint density at radius 1 is 1.19 bits per heavy atom. The van der Waals surface area contributed by atoms with E-state index in [0.29, 0.717) is 24.6 Å². The number of rotatable bonds is 3. The molecule has 1 fully saturated rings. The summed E-state index contributed by atoms with van der Waals surface area (Å²) in [5.41, 5.74) is 4.08. The summed E-state index contributed by atoms with van der Waals surface area (Å²) in [6.45, 7) is 11.7. The molecule has 3 heterocycles. The number of ether oxygens (including phenoxy) is 1. The van der Waals surface area contributed by atoms with Gasteiger partial charge in [0, 0.05) is 11.6 Å². The van der Waals surface area contributed by atoms with E-state index in [1.165, 1.54) is 0 Å². The maximum Gasteiger partial charge on any atom is 0.259 e. The van der Waals surface area contributed by atoms with Crippen molar-refractivity contribution in [1.29, 1.82) is 0 Å². The van der Waals surface area contributed by atoms with Gasteiger partial charge in [-0.3, -0.25) is 4.79 Å². The molecule has 0 unspecified atom stereocenters. The molecule has 31 heavy (non-hydrogen) atoms. The molecule has 0 N–H and O–H groups in total. The van der Waals surface area contributed by atoms with Crippen LogP contribution in [0.3, 0.4) is 0 Å². The summed E-state index contributed by atoms with van der Waals surface area (Å²) in [6, 6.07) is 9.79. The van der Waals surface area contributed by atoms with Crippen molar-refractivity contribution in [3.05, 3.63) is 47.3 Å². The van der Waals surface area contributed by atoms with Crippen molar-refractivity contribution in [3.8, 4) is 5.75 Å². The van der Waals surface area contributed by atoms with E-state index in [1.54, 1.807) is 0 Å². The lowest BCUT2D eigenvalue weighted by Crippen LogP contribution is -2.38. The highest BCUT2D eigenvalue weighted by molar-refractivity contribution is 6.14. The second-order valence-corrected chi connectivity index (χ2v) is 9.96. The number of pyridine rings is 1. The van der Waals surface area contributed by atoms with Crippen LogP contribution in [0.2, 0.25) is 0 Å². The van der Waals surface area contributed by atoms with Crippen molar-refractivity contribution in [2.75, 3.05) is 18.1 Å². The minimum atomic E-state index is -0.230. The standard InChI is InChI=1S/C25H30N4O2/c1-15(2)22-21-17(24(30)28-12-13-31-20-9-7-6-8-19(20)28)14-18(16-10-11-16)26-23(21)29(27-22)25(3,4)5/h6-9,14-16H,10-13H2,1-5H3. The Hall–Kier alpha value is -2.89. The summed E-state index contributed by atoms with van der Waals surface area (Å²) < 4.78 is 7.79. The van der Waals surface area contributed by atoms with Crippen molar-refractivity contribution >= 4 is 22.6 Å². The zero-order valence-electron chi connectivity index (χ0n) is 19.0. The smallest absolute Gasteiger partial charge is 0.259 e. The monoisotopic (exact) mass is 418 g/mol. The number of anilines is 1. The van der Waals surface area contributed by atoms with Gasteiger partial charge in [-0.2, -0.15) is 5.10 Å². The minimum absolute atomic E-state index is 0.000379. The predicted molar refractivity (Wildman–Crippen MR) is 122 cm³/mol. The Kier molecular flexibility index (Phi) is 4.57. The lowest BCUT2D eigenvalue weighted by molar-refractivity contribution is 0.0978. The molecule has 1 aliphatic heterocycles. The molecule has 1 aliphatic carbocycles. The molecular formula is C25H30N4O2. The highest BCUT2D eigenvalue weighted by Gasteiger charge is 2.34. The SMILES string of the molecule is CC(C)c1nn(C(C)(C)C)c2nc(C3CC3)cc(C(=O)N3CCOc4ccccc43)c12. The van der Waals surface area contributed by atoms with E-state index in [4.69, 9.17) is 14.8 Å². The van der Waals surface area contributed by atoms with E-state index >= 15 is 0 Å². The highest BCUT2D eigenvalue weighted by Crippen LogP contribution is 2.42. The molecule has 162 valence electrons. The fourth-order valence-corrected chi connectivity index (χ4v) is 4.32. The molecule has 6 heteroatoms. The first-order valence-corrected chi connectivity index (χ1v) is 11.2. The van der Waals surface area contributed by atoms with E-state index < -0.39 is 0 Å². The molecule has 2 aromatic heterocycles. The lowest BCUT2D eigenvalue weighted by atomic mass is 10.0. The number of para-hydroxylation sites is 2. The molecule has 1 saturated carbocycles. The van der Waals surface area contributed by atoms with Gasteiger partial charge in [0.25, 0.3) is 5.91 Å². The summed E-state index contributed by atoms with van der Waals surface area (Å²) in [5, 5.41) is 5.86. The Morgan fingerprint density at radius 3 is 2.61 bits per heavy atom. The van der Waals surface area contributed by atoms with Crippen LogP contribution in [0.15, 0.2) is 30.3 Å². The Balaban J connectivity index is 1.75. The number of fused-ring (bicyclic) bond motifs is 2. The van der Waals surface area contributed by atoms with Gasteiger partial charge >= 0.3 is 0 Å². The predicted octanol–water partition coefficient (Wildman–Crippen LogP) is 5.23. The number of benzene rings is 1. The normalized spacial score (nSPS) is 16.5. The van der Waals surface area contributed by atoms with Crippen LogP contribution >= 0.6 is 0 Å². The largest absolute Gasteiger partial charge is 0.490 e. The molecule has 0 atom stereocenters. The Morgan fingerprint density at radius 2 is 1.94 bits per heavy atom. The van der Waals surface area contributed by atoms with Crippen molar-refractivity contribution in [1.82, 2.24) is 14.8 Å². The maximum absolute atomic E-state index is 14.0. The number of carbonyl (C=O) groups excluding carboxylic acids is 1. The zero-order valence-corrected chi connectivity index (χ0v) is 19.0. The highest BCUT2D eigenvalue weighted by atomic mass is 16.5. The quantitative estimate of drug-likeness (QED) is 0.585. The van der Waals surface area contributed by atoms with E-state index in [9.17, 15) is 4.79 Å². The zero-order chi connectivity index (χ0) is 21.9. The topological polar surface area (TPSA) is 60.2 Å². The maximum atomic E-state index is 14.0. The first-order chi connectivity index (χ1) is 14.8. The first kappa shape index (κ1) is 20.0. The third kappa shape index (κ3) is 3.38. The van der Waals surface area contributed by atoms with E-state index in [-0.39, 0.29) is 17.4 Å². The molecule has 5 rings (SSSR count). The average Bonchev–Trinajstić information content (AvgIpc) is 3.50. The average molecular weight is 419 g/mol. The molecule has 0 radical (unpaired) electrons. The van der Waals surface area contributed by atoms with Crippen LogP contribution in [0.4, 0.5) is 5.69 Å². The van der Waals surface area contributed by atoms with E-state index in [2.05, 4.69) is 34.6 Å². The third-order valence-electron chi connectivity index (χ3n) is 6.07. The van der Waals surface area contributed by atoms with Crippen molar-refractivity contribution in [3.63, 3.8) is 0 Å². The first-order valence-electron chi connectivity index (χ1n) is 11.2. The minimum Gasteiger partial charge on any atom is -0.490 e. The van der Waals surface area contributed by atoms with Crippen LogP contribution < -0.4 is 9.64 Å². The number of hydrogen-bond donors (Lipinski definition) is 0.